The Kier molecular flexibility index (Phi) is 2.64. The molecule has 0 saturated heterocycles. The van der Waals surface area contributed by atoms with Crippen molar-refractivity contribution in [1.82, 2.24) is 0 Å². The molecule has 0 aromatic heterocycles. The predicted molar refractivity (Wildman–Crippen MR) is 39.8 cm³/mol. The maximum absolute atomic E-state index is 3.15. The second-order valence-electron chi connectivity index (χ2n) is 2.64. The van der Waals surface area contributed by atoms with E-state index in [9.17, 15) is 0 Å². The summed E-state index contributed by atoms with van der Waals surface area (Å²) >= 11 is 0. The first-order valence-electron chi connectivity index (χ1n) is 3.71. The largest absolute Gasteiger partial charge is 0.103 e. The van der Waals surface area contributed by atoms with Crippen LogP contribution in [0.15, 0.2) is 0 Å². The van der Waals surface area contributed by atoms with Crippen LogP contribution in [0.2, 0.25) is 0 Å². The van der Waals surface area contributed by atoms with Gasteiger partial charge in [-0.15, -0.1) is 5.92 Å². The molecule has 0 fully saturated rings. The van der Waals surface area contributed by atoms with Gasteiger partial charge < -0.3 is 0 Å². The van der Waals surface area contributed by atoms with Crippen LogP contribution >= 0.6 is 0 Å². The van der Waals surface area contributed by atoms with Gasteiger partial charge in [-0.3, -0.25) is 0 Å². The highest BCUT2D eigenvalue weighted by Crippen LogP contribution is 2.13. The lowest BCUT2D eigenvalue weighted by Gasteiger charge is -2.04. The molecular weight excluding hydrogens is 108 g/mol. The topological polar surface area (TPSA) is 0 Å². The van der Waals surface area contributed by atoms with Crippen molar-refractivity contribution in [3.63, 3.8) is 0 Å². The molecule has 0 heterocycles. The molecule has 1 aliphatic rings. The van der Waals surface area contributed by atoms with Gasteiger partial charge in [-0.2, -0.15) is 0 Å². The molecular formula is C9H13. The second kappa shape index (κ2) is 3.56. The molecule has 1 rings (SSSR count). The van der Waals surface area contributed by atoms with E-state index in [1.165, 1.54) is 31.6 Å². The molecule has 0 heteroatoms. The molecule has 0 aliphatic heterocycles. The van der Waals surface area contributed by atoms with E-state index in [0.717, 1.165) is 6.42 Å². The summed E-state index contributed by atoms with van der Waals surface area (Å²) < 4.78 is 0. The molecule has 0 amide bonds. The Morgan fingerprint density at radius 3 is 3.00 bits per heavy atom. The summed E-state index contributed by atoms with van der Waals surface area (Å²) in [5.41, 5.74) is 0. The van der Waals surface area contributed by atoms with Gasteiger partial charge in [0.15, 0.2) is 0 Å². The summed E-state index contributed by atoms with van der Waals surface area (Å²) in [6.07, 6.45) is 6.36. The first-order valence-corrected chi connectivity index (χ1v) is 3.71. The van der Waals surface area contributed by atoms with Crippen molar-refractivity contribution < 1.29 is 0 Å². The molecule has 0 bridgehead atoms. The Bertz CT molecular complexity index is 125. The van der Waals surface area contributed by atoms with Crippen molar-refractivity contribution in [3.05, 3.63) is 5.92 Å². The van der Waals surface area contributed by atoms with Gasteiger partial charge in [-0.05, 0) is 19.8 Å². The fourth-order valence-corrected chi connectivity index (χ4v) is 1.06. The maximum atomic E-state index is 3.15. The van der Waals surface area contributed by atoms with Crippen molar-refractivity contribution in [2.45, 2.75) is 39.0 Å². The summed E-state index contributed by atoms with van der Waals surface area (Å²) in [5, 5.41) is 0. The molecule has 0 atom stereocenters. The third-order valence-corrected chi connectivity index (χ3v) is 1.66. The third-order valence-electron chi connectivity index (χ3n) is 1.66. The number of hydrogen-bond acceptors (Lipinski definition) is 0. The van der Waals surface area contributed by atoms with Crippen LogP contribution in [0.25, 0.3) is 0 Å². The van der Waals surface area contributed by atoms with Crippen LogP contribution in [0.5, 0.6) is 0 Å². The van der Waals surface area contributed by atoms with E-state index in [4.69, 9.17) is 0 Å². The van der Waals surface area contributed by atoms with Crippen molar-refractivity contribution >= 4 is 0 Å². The van der Waals surface area contributed by atoms with Gasteiger partial charge >= 0.3 is 0 Å². The Morgan fingerprint density at radius 2 is 2.11 bits per heavy atom. The van der Waals surface area contributed by atoms with Gasteiger partial charge in [0.2, 0.25) is 0 Å². The van der Waals surface area contributed by atoms with E-state index in [1.807, 2.05) is 0 Å². The number of hydrogen-bond donors (Lipinski definition) is 0. The molecule has 0 aromatic rings. The van der Waals surface area contributed by atoms with E-state index in [2.05, 4.69) is 18.8 Å². The van der Waals surface area contributed by atoms with Gasteiger partial charge in [-0.25, -0.2) is 0 Å². The lowest BCUT2D eigenvalue weighted by atomic mass is 10.0. The van der Waals surface area contributed by atoms with Crippen LogP contribution in [-0.4, -0.2) is 0 Å². The van der Waals surface area contributed by atoms with Crippen molar-refractivity contribution in [3.8, 4) is 11.8 Å². The Morgan fingerprint density at radius 1 is 1.22 bits per heavy atom. The molecule has 0 aromatic carbocycles. The van der Waals surface area contributed by atoms with Gasteiger partial charge in [0.05, 0.1) is 0 Å². The van der Waals surface area contributed by atoms with Crippen LogP contribution < -0.4 is 0 Å². The van der Waals surface area contributed by atoms with Crippen molar-refractivity contribution in [1.29, 1.82) is 0 Å². The van der Waals surface area contributed by atoms with Gasteiger partial charge in [0.1, 0.15) is 0 Å². The van der Waals surface area contributed by atoms with Crippen LogP contribution in [0.4, 0.5) is 0 Å². The second-order valence-corrected chi connectivity index (χ2v) is 2.64. The highest BCUT2D eigenvalue weighted by atomic mass is 14.0. The fourth-order valence-electron chi connectivity index (χ4n) is 1.06. The Balaban J connectivity index is 2.37. The Labute approximate surface area is 57.7 Å². The van der Waals surface area contributed by atoms with Gasteiger partial charge in [0, 0.05) is 12.3 Å². The average Bonchev–Trinajstić information content (AvgIpc) is 1.79. The molecule has 9 heavy (non-hydrogen) atoms. The predicted octanol–water partition coefficient (Wildman–Crippen LogP) is 2.55. The molecule has 0 spiro atoms. The van der Waals surface area contributed by atoms with E-state index in [-0.39, 0.29) is 0 Å². The SMILES string of the molecule is C[C]1C#CCCCCC1. The van der Waals surface area contributed by atoms with E-state index in [1.54, 1.807) is 0 Å². The van der Waals surface area contributed by atoms with Crippen LogP contribution in [0.3, 0.4) is 0 Å². The van der Waals surface area contributed by atoms with Crippen molar-refractivity contribution in [2.24, 2.45) is 0 Å². The van der Waals surface area contributed by atoms with Crippen LogP contribution in [-0.2, 0) is 0 Å². The first-order chi connectivity index (χ1) is 4.39. The summed E-state index contributed by atoms with van der Waals surface area (Å²) in [4.78, 5) is 0. The first kappa shape index (κ1) is 6.68. The third kappa shape index (κ3) is 2.56. The maximum Gasteiger partial charge on any atom is 0.0449 e. The molecule has 1 aliphatic carbocycles. The molecule has 0 N–H and O–H groups in total. The van der Waals surface area contributed by atoms with Gasteiger partial charge in [-0.1, -0.05) is 18.8 Å². The van der Waals surface area contributed by atoms with E-state index in [0.29, 0.717) is 0 Å². The van der Waals surface area contributed by atoms with Crippen LogP contribution in [0, 0.1) is 17.8 Å². The minimum Gasteiger partial charge on any atom is -0.103 e. The number of rotatable bonds is 0. The lowest BCUT2D eigenvalue weighted by molar-refractivity contribution is 0.666. The summed E-state index contributed by atoms with van der Waals surface area (Å²) in [7, 11) is 0. The fraction of sp³-hybridized carbons (Fsp3) is 0.667. The molecule has 49 valence electrons. The van der Waals surface area contributed by atoms with E-state index >= 15 is 0 Å². The quantitative estimate of drug-likeness (QED) is 0.432. The highest BCUT2D eigenvalue weighted by Gasteiger charge is 1.99. The molecule has 0 nitrogen and oxygen atoms in total. The minimum atomic E-state index is 1.11. The zero-order valence-corrected chi connectivity index (χ0v) is 6.04. The highest BCUT2D eigenvalue weighted by molar-refractivity contribution is 5.19. The van der Waals surface area contributed by atoms with Crippen LogP contribution in [0.1, 0.15) is 39.0 Å². The summed E-state index contributed by atoms with van der Waals surface area (Å²) in [6.45, 7) is 2.14. The molecule has 1 radical (unpaired) electrons. The Hall–Kier alpha value is -0.440. The average molecular weight is 121 g/mol. The normalized spacial score (nSPS) is 21.4. The van der Waals surface area contributed by atoms with E-state index < -0.39 is 0 Å². The monoisotopic (exact) mass is 121 g/mol. The van der Waals surface area contributed by atoms with Crippen molar-refractivity contribution in [2.75, 3.05) is 0 Å². The minimum absolute atomic E-state index is 1.11. The summed E-state index contributed by atoms with van der Waals surface area (Å²) in [6, 6.07) is 0. The molecule has 0 unspecified atom stereocenters. The van der Waals surface area contributed by atoms with Gasteiger partial charge in [0.25, 0.3) is 0 Å². The smallest absolute Gasteiger partial charge is 0.0449 e. The zero-order valence-electron chi connectivity index (χ0n) is 6.04. The lowest BCUT2D eigenvalue weighted by Crippen LogP contribution is -1.90. The zero-order chi connectivity index (χ0) is 6.53. The standard InChI is InChI=1S/C9H13/c1-9-7-5-3-2-4-6-8-9/h2-5,7H2,1H3. The molecule has 0 saturated carbocycles. The summed E-state index contributed by atoms with van der Waals surface area (Å²) in [5.74, 6) is 7.67.